The van der Waals surface area contributed by atoms with Gasteiger partial charge in [0.2, 0.25) is 0 Å². The lowest BCUT2D eigenvalue weighted by atomic mass is 9.92. The molecule has 0 unspecified atom stereocenters. The van der Waals surface area contributed by atoms with Crippen LogP contribution in [0.4, 0.5) is 5.69 Å². The molecule has 3 rings (SSSR count). The van der Waals surface area contributed by atoms with Crippen LogP contribution >= 0.6 is 0 Å². The van der Waals surface area contributed by atoms with Gasteiger partial charge in [0.05, 0.1) is 11.1 Å². The molecule has 5 nitrogen and oxygen atoms in total. The van der Waals surface area contributed by atoms with E-state index in [1.54, 1.807) is 42.5 Å². The lowest BCUT2D eigenvalue weighted by Gasteiger charge is -2.12. The van der Waals surface area contributed by atoms with Gasteiger partial charge in [0.25, 0.3) is 0 Å². The molecule has 4 N–H and O–H groups in total. The summed E-state index contributed by atoms with van der Waals surface area (Å²) in [5.41, 5.74) is 9.89. The maximum Gasteiger partial charge on any atom is 0.335 e. The summed E-state index contributed by atoms with van der Waals surface area (Å²) in [6, 6.07) is 18.5. The van der Waals surface area contributed by atoms with Gasteiger partial charge in [-0.25, -0.2) is 9.59 Å². The number of benzene rings is 3. The van der Waals surface area contributed by atoms with Gasteiger partial charge in [-0.2, -0.15) is 0 Å². The average Bonchev–Trinajstić information content (AvgIpc) is 2.61. The van der Waals surface area contributed by atoms with Crippen LogP contribution in [0, 0.1) is 0 Å². The van der Waals surface area contributed by atoms with Crippen molar-refractivity contribution in [2.24, 2.45) is 0 Å². The fourth-order valence-electron chi connectivity index (χ4n) is 2.67. The lowest BCUT2D eigenvalue weighted by molar-refractivity contribution is 0.0686. The van der Waals surface area contributed by atoms with Gasteiger partial charge in [0.15, 0.2) is 0 Å². The molecule has 0 aliphatic heterocycles. The lowest BCUT2D eigenvalue weighted by Crippen LogP contribution is -1.98. The van der Waals surface area contributed by atoms with Crippen molar-refractivity contribution in [1.82, 2.24) is 0 Å². The normalized spacial score (nSPS) is 10.4. The molecule has 0 atom stereocenters. The highest BCUT2D eigenvalue weighted by Gasteiger charge is 2.13. The molecule has 5 heteroatoms. The predicted octanol–water partition coefficient (Wildman–Crippen LogP) is 4.00. The summed E-state index contributed by atoms with van der Waals surface area (Å²) in [5.74, 6) is -2.01. The number of carboxylic acid groups (broad SMARTS) is 2. The minimum absolute atomic E-state index is 0.170. The van der Waals surface area contributed by atoms with Crippen LogP contribution in [0.2, 0.25) is 0 Å². The molecule has 0 radical (unpaired) electrons. The number of nitrogens with two attached hydrogens (primary N) is 1. The van der Waals surface area contributed by atoms with Gasteiger partial charge >= 0.3 is 11.9 Å². The van der Waals surface area contributed by atoms with Crippen molar-refractivity contribution in [3.05, 3.63) is 77.9 Å². The Balaban J connectivity index is 2.18. The summed E-state index contributed by atoms with van der Waals surface area (Å²) in [7, 11) is 0. The highest BCUT2D eigenvalue weighted by molar-refractivity contribution is 5.94. The van der Waals surface area contributed by atoms with Crippen LogP contribution in [-0.2, 0) is 0 Å². The van der Waals surface area contributed by atoms with Gasteiger partial charge in [-0.3, -0.25) is 0 Å². The predicted molar refractivity (Wildman–Crippen MR) is 95.6 cm³/mol. The van der Waals surface area contributed by atoms with Crippen molar-refractivity contribution in [1.29, 1.82) is 0 Å². The van der Waals surface area contributed by atoms with E-state index in [1.807, 2.05) is 6.07 Å². The first-order valence-electron chi connectivity index (χ1n) is 7.52. The van der Waals surface area contributed by atoms with E-state index < -0.39 is 11.9 Å². The Morgan fingerprint density at radius 2 is 1.32 bits per heavy atom. The van der Waals surface area contributed by atoms with Gasteiger partial charge in [-0.15, -0.1) is 0 Å². The minimum Gasteiger partial charge on any atom is -0.478 e. The molecule has 0 amide bonds. The largest absolute Gasteiger partial charge is 0.478 e. The van der Waals surface area contributed by atoms with E-state index in [0.29, 0.717) is 5.69 Å². The topological polar surface area (TPSA) is 101 Å². The van der Waals surface area contributed by atoms with Crippen molar-refractivity contribution in [2.75, 3.05) is 5.73 Å². The van der Waals surface area contributed by atoms with E-state index in [2.05, 4.69) is 0 Å². The second-order valence-corrected chi connectivity index (χ2v) is 5.57. The molecule has 0 aliphatic carbocycles. The zero-order chi connectivity index (χ0) is 18.0. The number of hydrogen-bond donors (Lipinski definition) is 3. The summed E-state index contributed by atoms with van der Waals surface area (Å²) >= 11 is 0. The maximum absolute atomic E-state index is 11.3. The summed E-state index contributed by atoms with van der Waals surface area (Å²) < 4.78 is 0. The van der Waals surface area contributed by atoms with Crippen LogP contribution in [0.25, 0.3) is 22.3 Å². The van der Waals surface area contributed by atoms with E-state index in [-0.39, 0.29) is 11.1 Å². The third-order valence-corrected chi connectivity index (χ3v) is 3.91. The van der Waals surface area contributed by atoms with Crippen LogP contribution < -0.4 is 5.73 Å². The molecule has 0 saturated heterocycles. The van der Waals surface area contributed by atoms with Crippen molar-refractivity contribution in [3.63, 3.8) is 0 Å². The molecule has 0 saturated carbocycles. The van der Waals surface area contributed by atoms with E-state index in [4.69, 9.17) is 10.8 Å². The number of hydrogen-bond acceptors (Lipinski definition) is 3. The fraction of sp³-hybridized carbons (Fsp3) is 0. The first-order valence-corrected chi connectivity index (χ1v) is 7.52. The maximum atomic E-state index is 11.3. The van der Waals surface area contributed by atoms with Gasteiger partial charge < -0.3 is 15.9 Å². The highest BCUT2D eigenvalue weighted by atomic mass is 16.4. The molecule has 0 spiro atoms. The smallest absolute Gasteiger partial charge is 0.335 e. The summed E-state index contributed by atoms with van der Waals surface area (Å²) in [5, 5.41) is 18.3. The zero-order valence-corrected chi connectivity index (χ0v) is 13.1. The highest BCUT2D eigenvalue weighted by Crippen LogP contribution is 2.34. The number of nitrogen functional groups attached to an aromatic ring is 1. The molecule has 0 bridgehead atoms. The zero-order valence-electron chi connectivity index (χ0n) is 13.1. The monoisotopic (exact) mass is 333 g/mol. The molecule has 124 valence electrons. The van der Waals surface area contributed by atoms with Crippen LogP contribution in [0.1, 0.15) is 20.7 Å². The van der Waals surface area contributed by atoms with E-state index in [1.165, 1.54) is 18.2 Å². The molecular weight excluding hydrogens is 318 g/mol. The summed E-state index contributed by atoms with van der Waals surface area (Å²) in [6.45, 7) is 0. The number of anilines is 1. The quantitative estimate of drug-likeness (QED) is 0.627. The molecule has 0 aromatic heterocycles. The van der Waals surface area contributed by atoms with E-state index >= 15 is 0 Å². The number of rotatable bonds is 4. The Kier molecular flexibility index (Phi) is 4.22. The van der Waals surface area contributed by atoms with Crippen molar-refractivity contribution < 1.29 is 19.8 Å². The van der Waals surface area contributed by atoms with Gasteiger partial charge in [0.1, 0.15) is 0 Å². The Morgan fingerprint density at radius 3 is 1.92 bits per heavy atom. The van der Waals surface area contributed by atoms with Gasteiger partial charge in [-0.1, -0.05) is 30.3 Å². The first-order chi connectivity index (χ1) is 12.0. The van der Waals surface area contributed by atoms with Crippen molar-refractivity contribution >= 4 is 17.6 Å². The van der Waals surface area contributed by atoms with E-state index in [9.17, 15) is 14.7 Å². The standard InChI is InChI=1S/C20H15NO4/c21-16-3-1-2-14(10-16)18-11-15(20(24)25)8-9-17(18)12-4-6-13(7-5-12)19(22)23/h1-11H,21H2,(H,22,23)(H,24,25). The van der Waals surface area contributed by atoms with Crippen LogP contribution in [-0.4, -0.2) is 22.2 Å². The number of carbonyl (C=O) groups is 2. The second-order valence-electron chi connectivity index (χ2n) is 5.57. The molecule has 0 heterocycles. The Hall–Kier alpha value is -3.60. The number of aromatic carboxylic acids is 2. The Morgan fingerprint density at radius 1 is 0.680 bits per heavy atom. The molecule has 3 aromatic rings. The van der Waals surface area contributed by atoms with Crippen LogP contribution in [0.15, 0.2) is 66.7 Å². The minimum atomic E-state index is -1.02. The third-order valence-electron chi connectivity index (χ3n) is 3.91. The van der Waals surface area contributed by atoms with E-state index in [0.717, 1.165) is 22.3 Å². The Bertz CT molecular complexity index is 962. The molecule has 3 aromatic carbocycles. The van der Waals surface area contributed by atoms with Crippen LogP contribution in [0.5, 0.6) is 0 Å². The molecule has 0 fully saturated rings. The van der Waals surface area contributed by atoms with Crippen molar-refractivity contribution in [3.8, 4) is 22.3 Å². The van der Waals surface area contributed by atoms with Gasteiger partial charge in [0, 0.05) is 5.69 Å². The van der Waals surface area contributed by atoms with Crippen LogP contribution in [0.3, 0.4) is 0 Å². The van der Waals surface area contributed by atoms with Gasteiger partial charge in [-0.05, 0) is 58.7 Å². The Labute approximate surface area is 144 Å². The van der Waals surface area contributed by atoms with Crippen molar-refractivity contribution in [2.45, 2.75) is 0 Å². The third kappa shape index (κ3) is 3.35. The molecular formula is C20H15NO4. The molecule has 0 aliphatic rings. The average molecular weight is 333 g/mol. The fourth-order valence-corrected chi connectivity index (χ4v) is 2.67. The SMILES string of the molecule is Nc1cccc(-c2cc(C(=O)O)ccc2-c2ccc(C(=O)O)cc2)c1. The summed E-state index contributed by atoms with van der Waals surface area (Å²) in [4.78, 5) is 22.3. The number of carboxylic acids is 2. The summed E-state index contributed by atoms with van der Waals surface area (Å²) in [6.07, 6.45) is 0. The molecule has 25 heavy (non-hydrogen) atoms. The first kappa shape index (κ1) is 16.3. The second kappa shape index (κ2) is 6.49.